The van der Waals surface area contributed by atoms with Gasteiger partial charge in [0.2, 0.25) is 0 Å². The maximum Gasteiger partial charge on any atom is 0.416 e. The van der Waals surface area contributed by atoms with E-state index in [1.807, 2.05) is 0 Å². The van der Waals surface area contributed by atoms with E-state index < -0.39 is 24.8 Å². The third-order valence-electron chi connectivity index (χ3n) is 3.27. The van der Waals surface area contributed by atoms with Crippen LogP contribution in [0.1, 0.15) is 35.1 Å². The van der Waals surface area contributed by atoms with Crippen molar-refractivity contribution >= 4 is 5.97 Å². The summed E-state index contributed by atoms with van der Waals surface area (Å²) in [4.78, 5) is 11.6. The summed E-state index contributed by atoms with van der Waals surface area (Å²) < 4.78 is 42.8. The fraction of sp³-hybridized carbons (Fsp3) is 0.727. The van der Waals surface area contributed by atoms with E-state index in [0.29, 0.717) is 13.0 Å². The predicted molar refractivity (Wildman–Crippen MR) is 63.4 cm³/mol. The molecule has 2 unspecified atom stereocenters. The van der Waals surface area contributed by atoms with Gasteiger partial charge in [0.15, 0.2) is 11.8 Å². The molecule has 1 fully saturated rings. The largest absolute Gasteiger partial charge is 0.464 e. The highest BCUT2D eigenvalue weighted by molar-refractivity contribution is 5.88. The van der Waals surface area contributed by atoms with E-state index in [1.54, 1.807) is 0 Å². The number of hydrogen-bond acceptors (Lipinski definition) is 6. The Morgan fingerprint density at radius 3 is 2.86 bits per heavy atom. The second-order valence-electron chi connectivity index (χ2n) is 4.70. The third kappa shape index (κ3) is 3.32. The Morgan fingerprint density at radius 2 is 2.33 bits per heavy atom. The molecule has 1 aliphatic rings. The lowest BCUT2D eigenvalue weighted by molar-refractivity contribution is -0.208. The summed E-state index contributed by atoms with van der Waals surface area (Å²) in [5, 5.41) is 19.4. The molecule has 0 aromatic carbocycles. The number of alkyl halides is 3. The first-order valence-corrected chi connectivity index (χ1v) is 6.34. The molecule has 0 bridgehead atoms. The summed E-state index contributed by atoms with van der Waals surface area (Å²) in [7, 11) is 1.15. The number of nitrogens with one attached hydrogen (secondary N) is 1. The van der Waals surface area contributed by atoms with Gasteiger partial charge in [0.1, 0.15) is 0 Å². The Balaban J connectivity index is 2.32. The van der Waals surface area contributed by atoms with Crippen LogP contribution in [0.5, 0.6) is 0 Å². The number of rotatable bonds is 4. The lowest BCUT2D eigenvalue weighted by Crippen LogP contribution is -2.34. The van der Waals surface area contributed by atoms with Gasteiger partial charge in [0.05, 0.1) is 25.4 Å². The van der Waals surface area contributed by atoms with E-state index in [-0.39, 0.29) is 17.4 Å². The number of nitrogens with zero attached hydrogens (tertiary/aromatic N) is 3. The Bertz CT molecular complexity index is 511. The van der Waals surface area contributed by atoms with Crippen molar-refractivity contribution < 1.29 is 27.8 Å². The minimum absolute atomic E-state index is 0.133. The summed E-state index contributed by atoms with van der Waals surface area (Å²) in [6.45, 7) is -0.140. The molecule has 1 saturated heterocycles. The molecule has 0 spiro atoms. The van der Waals surface area contributed by atoms with Crippen molar-refractivity contribution in [3.8, 4) is 0 Å². The van der Waals surface area contributed by atoms with Crippen molar-refractivity contribution in [3.05, 3.63) is 11.4 Å². The van der Waals surface area contributed by atoms with E-state index in [2.05, 4.69) is 20.4 Å². The SMILES string of the molecule is COC(=O)c1nnn(CC(O)C(F)(F)F)c1C1CCCN1. The zero-order valence-corrected chi connectivity index (χ0v) is 11.2. The number of esters is 1. The molecule has 21 heavy (non-hydrogen) atoms. The number of methoxy groups -OCH3 is 1. The molecule has 0 aliphatic carbocycles. The minimum Gasteiger partial charge on any atom is -0.464 e. The highest BCUT2D eigenvalue weighted by Gasteiger charge is 2.40. The first-order valence-electron chi connectivity index (χ1n) is 6.34. The van der Waals surface area contributed by atoms with Crippen LogP contribution in [0.15, 0.2) is 0 Å². The minimum atomic E-state index is -4.77. The molecule has 118 valence electrons. The lowest BCUT2D eigenvalue weighted by atomic mass is 10.1. The molecule has 1 aromatic rings. The number of ether oxygens (including phenoxy) is 1. The van der Waals surface area contributed by atoms with Crippen molar-refractivity contribution in [3.63, 3.8) is 0 Å². The Morgan fingerprint density at radius 1 is 1.62 bits per heavy atom. The topological polar surface area (TPSA) is 89.3 Å². The Labute approximate surface area is 118 Å². The molecule has 0 saturated carbocycles. The highest BCUT2D eigenvalue weighted by Crippen LogP contribution is 2.27. The van der Waals surface area contributed by atoms with Crippen LogP contribution in [0.4, 0.5) is 13.2 Å². The standard InChI is InChI=1S/C11H15F3N4O3/c1-21-10(20)8-9(6-3-2-4-15-6)18(17-16-8)5-7(19)11(12,13)14/h6-7,15,19H,2-5H2,1H3. The van der Waals surface area contributed by atoms with Gasteiger partial charge < -0.3 is 15.2 Å². The average Bonchev–Trinajstić information content (AvgIpc) is 3.05. The maximum atomic E-state index is 12.5. The van der Waals surface area contributed by atoms with E-state index in [1.165, 1.54) is 0 Å². The molecule has 1 aliphatic heterocycles. The van der Waals surface area contributed by atoms with Gasteiger partial charge in [-0.15, -0.1) is 5.10 Å². The van der Waals surface area contributed by atoms with Crippen LogP contribution in [0.3, 0.4) is 0 Å². The predicted octanol–water partition coefficient (Wildman–Crippen LogP) is 0.412. The second kappa shape index (κ2) is 5.98. The molecule has 0 radical (unpaired) electrons. The van der Waals surface area contributed by atoms with Crippen molar-refractivity contribution in [2.45, 2.75) is 37.7 Å². The molecule has 2 atom stereocenters. The third-order valence-corrected chi connectivity index (χ3v) is 3.27. The van der Waals surface area contributed by atoms with Gasteiger partial charge in [0.25, 0.3) is 0 Å². The first kappa shape index (κ1) is 15.7. The number of aliphatic hydroxyl groups is 1. The normalized spacial score (nSPS) is 20.5. The summed E-state index contributed by atoms with van der Waals surface area (Å²) >= 11 is 0. The van der Waals surface area contributed by atoms with Crippen LogP contribution < -0.4 is 5.32 Å². The zero-order chi connectivity index (χ0) is 15.6. The van der Waals surface area contributed by atoms with Gasteiger partial charge in [-0.3, -0.25) is 0 Å². The van der Waals surface area contributed by atoms with Crippen LogP contribution in [-0.4, -0.2) is 52.0 Å². The maximum absolute atomic E-state index is 12.5. The van der Waals surface area contributed by atoms with Gasteiger partial charge >= 0.3 is 12.1 Å². The molecule has 1 aromatic heterocycles. The molecular formula is C11H15F3N4O3. The fourth-order valence-electron chi connectivity index (χ4n) is 2.23. The molecule has 2 N–H and O–H groups in total. The van der Waals surface area contributed by atoms with Crippen molar-refractivity contribution in [1.82, 2.24) is 20.3 Å². The summed E-state index contributed by atoms with van der Waals surface area (Å²) in [5.74, 6) is -0.772. The summed E-state index contributed by atoms with van der Waals surface area (Å²) in [6.07, 6.45) is -5.89. The van der Waals surface area contributed by atoms with Crippen LogP contribution in [0, 0.1) is 0 Å². The number of carbonyl (C=O) groups is 1. The smallest absolute Gasteiger partial charge is 0.416 e. The van der Waals surface area contributed by atoms with Crippen molar-refractivity contribution in [2.75, 3.05) is 13.7 Å². The summed E-state index contributed by atoms with van der Waals surface area (Å²) in [5.41, 5.74) is 0.0777. The average molecular weight is 308 g/mol. The Kier molecular flexibility index (Phi) is 4.47. The molecule has 10 heteroatoms. The van der Waals surface area contributed by atoms with Crippen LogP contribution >= 0.6 is 0 Å². The number of aromatic nitrogens is 3. The molecule has 2 rings (SSSR count). The van der Waals surface area contributed by atoms with Gasteiger partial charge in [-0.05, 0) is 19.4 Å². The van der Waals surface area contributed by atoms with Crippen LogP contribution in [0.2, 0.25) is 0 Å². The highest BCUT2D eigenvalue weighted by atomic mass is 19.4. The number of carbonyl (C=O) groups excluding carboxylic acids is 1. The monoisotopic (exact) mass is 308 g/mol. The molecule has 2 heterocycles. The van der Waals surface area contributed by atoms with Crippen LogP contribution in [-0.2, 0) is 11.3 Å². The quantitative estimate of drug-likeness (QED) is 0.783. The summed E-state index contributed by atoms with van der Waals surface area (Å²) in [6, 6.07) is -0.338. The van der Waals surface area contributed by atoms with Gasteiger partial charge in [-0.25, -0.2) is 9.48 Å². The second-order valence-corrected chi connectivity index (χ2v) is 4.70. The number of halogens is 3. The van der Waals surface area contributed by atoms with Crippen molar-refractivity contribution in [2.24, 2.45) is 0 Å². The molecular weight excluding hydrogens is 293 g/mol. The van der Waals surface area contributed by atoms with Crippen LogP contribution in [0.25, 0.3) is 0 Å². The van der Waals surface area contributed by atoms with E-state index in [9.17, 15) is 18.0 Å². The van der Waals surface area contributed by atoms with Gasteiger partial charge in [-0.2, -0.15) is 13.2 Å². The van der Waals surface area contributed by atoms with Gasteiger partial charge in [0, 0.05) is 0 Å². The van der Waals surface area contributed by atoms with E-state index in [4.69, 9.17) is 5.11 Å². The lowest BCUT2D eigenvalue weighted by Gasteiger charge is -2.18. The number of aliphatic hydroxyl groups excluding tert-OH is 1. The Hall–Kier alpha value is -1.68. The molecule has 7 nitrogen and oxygen atoms in total. The fourth-order valence-corrected chi connectivity index (χ4v) is 2.23. The van der Waals surface area contributed by atoms with Gasteiger partial charge in [-0.1, -0.05) is 5.21 Å². The van der Waals surface area contributed by atoms with Crippen molar-refractivity contribution in [1.29, 1.82) is 0 Å². The first-order chi connectivity index (χ1) is 9.84. The number of hydrogen-bond donors (Lipinski definition) is 2. The van der Waals surface area contributed by atoms with E-state index in [0.717, 1.165) is 18.2 Å². The zero-order valence-electron chi connectivity index (χ0n) is 11.2. The molecule has 0 amide bonds. The van der Waals surface area contributed by atoms with E-state index >= 15 is 0 Å².